The molecule has 0 unspecified atom stereocenters. The maximum Gasteiger partial charge on any atom is 0.264 e. The van der Waals surface area contributed by atoms with Crippen molar-refractivity contribution in [3.05, 3.63) is 99.5 Å². The van der Waals surface area contributed by atoms with Crippen LogP contribution < -0.4 is 4.90 Å². The van der Waals surface area contributed by atoms with Crippen molar-refractivity contribution in [3.63, 3.8) is 0 Å². The summed E-state index contributed by atoms with van der Waals surface area (Å²) in [6, 6.07) is 22.7. The van der Waals surface area contributed by atoms with Crippen LogP contribution in [0.25, 0.3) is 0 Å². The zero-order valence-corrected chi connectivity index (χ0v) is 18.9. The molecule has 3 aromatic carbocycles. The first-order valence-corrected chi connectivity index (χ1v) is 11.2. The van der Waals surface area contributed by atoms with Gasteiger partial charge >= 0.3 is 0 Å². The van der Waals surface area contributed by atoms with Crippen molar-refractivity contribution in [1.29, 1.82) is 0 Å². The highest BCUT2D eigenvalue weighted by Crippen LogP contribution is 2.44. The Bertz CT molecular complexity index is 1110. The summed E-state index contributed by atoms with van der Waals surface area (Å²) < 4.78 is 0.752. The van der Waals surface area contributed by atoms with E-state index >= 15 is 0 Å². The lowest BCUT2D eigenvalue weighted by atomic mass is 9.88. The van der Waals surface area contributed by atoms with Gasteiger partial charge in [0.25, 0.3) is 5.91 Å². The quantitative estimate of drug-likeness (QED) is 0.483. The van der Waals surface area contributed by atoms with Gasteiger partial charge in [-0.15, -0.1) is 0 Å². The number of hydrogen-bond donors (Lipinski definition) is 1. The number of nitrogens with zero attached hydrogens (tertiary/aromatic N) is 1. The predicted molar refractivity (Wildman–Crippen MR) is 125 cm³/mol. The van der Waals surface area contributed by atoms with Gasteiger partial charge < -0.3 is 10.0 Å². The van der Waals surface area contributed by atoms with Crippen LogP contribution in [0.4, 0.5) is 5.69 Å². The highest BCUT2D eigenvalue weighted by molar-refractivity contribution is 9.10. The molecule has 3 aromatic rings. The van der Waals surface area contributed by atoms with Gasteiger partial charge in [-0.05, 0) is 42.2 Å². The summed E-state index contributed by atoms with van der Waals surface area (Å²) in [5.41, 5.74) is 1.98. The normalized spacial score (nSPS) is 17.6. The van der Waals surface area contributed by atoms with Crippen LogP contribution in [0.2, 0.25) is 0 Å². The molecular weight excluding hydrogens is 454 g/mol. The van der Waals surface area contributed by atoms with Gasteiger partial charge in [0.05, 0.1) is 12.1 Å². The molecule has 0 aromatic heterocycles. The van der Waals surface area contributed by atoms with Crippen molar-refractivity contribution in [2.45, 2.75) is 31.8 Å². The average molecular weight is 478 g/mol. The molecule has 4 rings (SSSR count). The van der Waals surface area contributed by atoms with Crippen LogP contribution in [0.5, 0.6) is 0 Å². The van der Waals surface area contributed by atoms with Gasteiger partial charge in [-0.25, -0.2) is 0 Å². The number of amides is 1. The average Bonchev–Trinajstić information content (AvgIpc) is 2.99. The van der Waals surface area contributed by atoms with Gasteiger partial charge in [-0.2, -0.15) is 0 Å². The summed E-state index contributed by atoms with van der Waals surface area (Å²) in [6.07, 6.45) is 1.25. The number of rotatable bonds is 7. The van der Waals surface area contributed by atoms with Crippen LogP contribution in [0.3, 0.4) is 0 Å². The van der Waals surface area contributed by atoms with Crippen molar-refractivity contribution in [3.8, 4) is 0 Å². The smallest absolute Gasteiger partial charge is 0.264 e. The van der Waals surface area contributed by atoms with E-state index in [-0.39, 0.29) is 12.2 Å². The molecule has 0 saturated heterocycles. The van der Waals surface area contributed by atoms with E-state index in [9.17, 15) is 14.7 Å². The van der Waals surface area contributed by atoms with Gasteiger partial charge in [0.1, 0.15) is 0 Å². The van der Waals surface area contributed by atoms with E-state index in [0.29, 0.717) is 29.8 Å². The Kier molecular flexibility index (Phi) is 6.08. The molecule has 4 nitrogen and oxygen atoms in total. The lowest BCUT2D eigenvalue weighted by Gasteiger charge is -2.23. The molecule has 1 heterocycles. The highest BCUT2D eigenvalue weighted by Gasteiger charge is 2.50. The Balaban J connectivity index is 1.62. The fourth-order valence-corrected chi connectivity index (χ4v) is 4.42. The molecule has 1 N–H and O–H groups in total. The lowest BCUT2D eigenvalue weighted by molar-refractivity contribution is -0.135. The van der Waals surface area contributed by atoms with E-state index in [1.165, 1.54) is 0 Å². The number of ketones is 1. The van der Waals surface area contributed by atoms with Crippen LogP contribution in [0.1, 0.15) is 40.4 Å². The molecule has 1 amide bonds. The first kappa shape index (κ1) is 21.5. The molecule has 31 heavy (non-hydrogen) atoms. The third-order valence-electron chi connectivity index (χ3n) is 5.86. The number of hydrogen-bond acceptors (Lipinski definition) is 3. The first-order chi connectivity index (χ1) is 14.9. The number of aliphatic hydroxyl groups is 1. The SMILES string of the molecule is CCc1ccc(C(=O)C[C@]2(O)C(=O)N(CCc3ccccc3)c3ccc(Br)cc32)cc1. The molecular formula is C26H24BrNO3. The number of aryl methyl sites for hydroxylation is 1. The second-order valence-corrected chi connectivity index (χ2v) is 8.78. The van der Waals surface area contributed by atoms with Crippen LogP contribution in [-0.2, 0) is 23.2 Å². The number of benzene rings is 3. The number of Topliss-reactive ketones (excluding diaryl/α,β-unsaturated/α-hetero) is 1. The Labute approximate surface area is 190 Å². The van der Waals surface area contributed by atoms with E-state index in [2.05, 4.69) is 22.9 Å². The standard InChI is InChI=1S/C26H24BrNO3/c1-2-18-8-10-20(11-9-18)24(29)17-26(31)22-16-21(27)12-13-23(22)28(25(26)30)15-14-19-6-4-3-5-7-19/h3-13,16,31H,2,14-15,17H2,1H3/t26-/m1/s1. The fourth-order valence-electron chi connectivity index (χ4n) is 4.06. The minimum absolute atomic E-state index is 0.255. The third kappa shape index (κ3) is 4.21. The zero-order chi connectivity index (χ0) is 22.0. The van der Waals surface area contributed by atoms with Gasteiger partial charge in [0.2, 0.25) is 0 Å². The van der Waals surface area contributed by atoms with Crippen molar-refractivity contribution in [2.24, 2.45) is 0 Å². The summed E-state index contributed by atoms with van der Waals surface area (Å²) in [5, 5.41) is 11.5. The maximum atomic E-state index is 13.4. The number of halogens is 1. The maximum absolute atomic E-state index is 13.4. The van der Waals surface area contributed by atoms with E-state index in [4.69, 9.17) is 0 Å². The Hall–Kier alpha value is -2.76. The zero-order valence-electron chi connectivity index (χ0n) is 17.3. The number of anilines is 1. The summed E-state index contributed by atoms with van der Waals surface area (Å²) in [7, 11) is 0. The fraction of sp³-hybridized carbons (Fsp3) is 0.231. The third-order valence-corrected chi connectivity index (χ3v) is 6.35. The van der Waals surface area contributed by atoms with Crippen LogP contribution in [0, 0.1) is 0 Å². The van der Waals surface area contributed by atoms with Crippen molar-refractivity contribution < 1.29 is 14.7 Å². The van der Waals surface area contributed by atoms with Crippen molar-refractivity contribution in [2.75, 3.05) is 11.4 Å². The molecule has 0 bridgehead atoms. The number of fused-ring (bicyclic) bond motifs is 1. The molecule has 0 saturated carbocycles. The van der Waals surface area contributed by atoms with Crippen LogP contribution in [-0.4, -0.2) is 23.3 Å². The summed E-state index contributed by atoms with van der Waals surface area (Å²) >= 11 is 3.43. The molecule has 0 radical (unpaired) electrons. The van der Waals surface area contributed by atoms with E-state index in [0.717, 1.165) is 22.0 Å². The molecule has 1 atom stereocenters. The monoisotopic (exact) mass is 477 g/mol. The van der Waals surface area contributed by atoms with E-state index in [1.54, 1.807) is 23.1 Å². The van der Waals surface area contributed by atoms with Crippen molar-refractivity contribution >= 4 is 33.3 Å². The molecule has 0 spiro atoms. The highest BCUT2D eigenvalue weighted by atomic mass is 79.9. The largest absolute Gasteiger partial charge is 0.375 e. The molecule has 0 fully saturated rings. The van der Waals surface area contributed by atoms with E-state index in [1.807, 2.05) is 54.6 Å². The summed E-state index contributed by atoms with van der Waals surface area (Å²) in [6.45, 7) is 2.48. The predicted octanol–water partition coefficient (Wildman–Crippen LogP) is 5.06. The molecule has 0 aliphatic carbocycles. The van der Waals surface area contributed by atoms with Gasteiger partial charge in [0, 0.05) is 22.1 Å². The van der Waals surface area contributed by atoms with Crippen LogP contribution in [0.15, 0.2) is 77.3 Å². The molecule has 158 valence electrons. The Morgan fingerprint density at radius 3 is 2.39 bits per heavy atom. The van der Waals surface area contributed by atoms with Gasteiger partial charge in [0.15, 0.2) is 11.4 Å². The van der Waals surface area contributed by atoms with Crippen molar-refractivity contribution in [1.82, 2.24) is 0 Å². The minimum atomic E-state index is -1.88. The summed E-state index contributed by atoms with van der Waals surface area (Å²) in [4.78, 5) is 28.0. The molecule has 5 heteroatoms. The molecule has 1 aliphatic heterocycles. The first-order valence-electron chi connectivity index (χ1n) is 10.4. The Morgan fingerprint density at radius 2 is 1.71 bits per heavy atom. The van der Waals surface area contributed by atoms with Crippen LogP contribution >= 0.6 is 15.9 Å². The van der Waals surface area contributed by atoms with Gasteiger partial charge in [-0.3, -0.25) is 9.59 Å². The van der Waals surface area contributed by atoms with Gasteiger partial charge in [-0.1, -0.05) is 77.5 Å². The van der Waals surface area contributed by atoms with E-state index < -0.39 is 11.5 Å². The molecule has 1 aliphatic rings. The minimum Gasteiger partial charge on any atom is -0.375 e. The Morgan fingerprint density at radius 1 is 1.00 bits per heavy atom. The number of carbonyl (C=O) groups excluding carboxylic acids is 2. The second kappa shape index (κ2) is 8.77. The second-order valence-electron chi connectivity index (χ2n) is 7.86. The number of carbonyl (C=O) groups is 2. The topological polar surface area (TPSA) is 57.6 Å². The summed E-state index contributed by atoms with van der Waals surface area (Å²) in [5.74, 6) is -0.704. The lowest BCUT2D eigenvalue weighted by Crippen LogP contribution is -2.42.